The van der Waals surface area contributed by atoms with Crippen LogP contribution < -0.4 is 9.64 Å². The third-order valence-corrected chi connectivity index (χ3v) is 4.66. The zero-order valence-electron chi connectivity index (χ0n) is 15.5. The van der Waals surface area contributed by atoms with E-state index in [1.165, 1.54) is 0 Å². The first-order valence-corrected chi connectivity index (χ1v) is 9.01. The summed E-state index contributed by atoms with van der Waals surface area (Å²) in [6.07, 6.45) is 0. The summed E-state index contributed by atoms with van der Waals surface area (Å²) in [6.45, 7) is 5.07. The number of carbonyl (C=O) groups is 1. The zero-order valence-corrected chi connectivity index (χ0v) is 15.5. The second-order valence-corrected chi connectivity index (χ2v) is 7.33. The maximum Gasteiger partial charge on any atom is 0.254 e. The van der Waals surface area contributed by atoms with Crippen molar-refractivity contribution in [2.45, 2.75) is 26.0 Å². The van der Waals surface area contributed by atoms with E-state index in [0.717, 1.165) is 22.2 Å². The molecule has 3 aromatic rings. The maximum atomic E-state index is 12.4. The highest BCUT2D eigenvalue weighted by atomic mass is 16.5. The number of nitrogens with zero attached hydrogens (tertiary/aromatic N) is 2. The Morgan fingerprint density at radius 1 is 1.11 bits per heavy atom. The maximum absolute atomic E-state index is 12.4. The van der Waals surface area contributed by atoms with E-state index >= 15 is 0 Å². The Kier molecular flexibility index (Phi) is 4.54. The topological polar surface area (TPSA) is 51.7 Å². The van der Waals surface area contributed by atoms with Crippen LogP contribution in [0.5, 0.6) is 5.75 Å². The van der Waals surface area contributed by atoms with Crippen LogP contribution in [-0.2, 0) is 16.1 Å². The Balaban J connectivity index is 1.58. The highest BCUT2D eigenvalue weighted by Gasteiger charge is 2.37. The van der Waals surface area contributed by atoms with Gasteiger partial charge in [-0.05, 0) is 49.7 Å². The summed E-state index contributed by atoms with van der Waals surface area (Å²) in [5.74, 6) is 1.38. The third-order valence-electron chi connectivity index (χ3n) is 4.66. The zero-order chi connectivity index (χ0) is 18.9. The van der Waals surface area contributed by atoms with Crippen molar-refractivity contribution in [2.24, 2.45) is 0 Å². The highest BCUT2D eigenvalue weighted by Crippen LogP contribution is 2.29. The number of hydrogen-bond donors (Lipinski definition) is 0. The molecule has 27 heavy (non-hydrogen) atoms. The minimum absolute atomic E-state index is 0.0686. The predicted octanol–water partition coefficient (Wildman–Crippen LogP) is 3.96. The van der Waals surface area contributed by atoms with Gasteiger partial charge in [0.25, 0.3) is 5.91 Å². The molecule has 0 unspecified atom stereocenters. The molecule has 1 aliphatic rings. The van der Waals surface area contributed by atoms with E-state index in [0.29, 0.717) is 19.0 Å². The molecule has 0 saturated carbocycles. The van der Waals surface area contributed by atoms with E-state index in [1.54, 1.807) is 4.90 Å². The van der Waals surface area contributed by atoms with E-state index in [-0.39, 0.29) is 12.5 Å². The lowest BCUT2D eigenvalue weighted by molar-refractivity contribution is -0.129. The molecule has 5 nitrogen and oxygen atoms in total. The lowest BCUT2D eigenvalue weighted by Gasteiger charge is -2.41. The monoisotopic (exact) mass is 362 g/mol. The summed E-state index contributed by atoms with van der Waals surface area (Å²) in [4.78, 5) is 18.8. The number of rotatable bonds is 4. The number of benzene rings is 2. The van der Waals surface area contributed by atoms with Crippen LogP contribution in [0.4, 0.5) is 5.82 Å². The van der Waals surface area contributed by atoms with Gasteiger partial charge in [0.1, 0.15) is 24.8 Å². The fourth-order valence-corrected chi connectivity index (χ4v) is 3.34. The summed E-state index contributed by atoms with van der Waals surface area (Å²) >= 11 is 0. The summed E-state index contributed by atoms with van der Waals surface area (Å²) < 4.78 is 11.3. The largest absolute Gasteiger partial charge is 0.489 e. The van der Waals surface area contributed by atoms with Gasteiger partial charge < -0.3 is 9.47 Å². The molecule has 2 heterocycles. The number of morpholine rings is 1. The van der Waals surface area contributed by atoms with Crippen LogP contribution >= 0.6 is 0 Å². The molecular formula is C22H22N2O3. The van der Waals surface area contributed by atoms with Gasteiger partial charge in [-0.2, -0.15) is 0 Å². The van der Waals surface area contributed by atoms with Gasteiger partial charge in [-0.3, -0.25) is 9.69 Å². The smallest absolute Gasteiger partial charge is 0.254 e. The fourth-order valence-electron chi connectivity index (χ4n) is 3.34. The Morgan fingerprint density at radius 2 is 1.93 bits per heavy atom. The molecule has 138 valence electrons. The van der Waals surface area contributed by atoms with Crippen molar-refractivity contribution >= 4 is 22.6 Å². The van der Waals surface area contributed by atoms with E-state index in [4.69, 9.17) is 14.5 Å². The quantitative estimate of drug-likeness (QED) is 0.705. The van der Waals surface area contributed by atoms with Crippen LogP contribution in [0.15, 0.2) is 60.7 Å². The standard InChI is InChI=1S/C22H22N2O3/c1-22(2)15-26-14-21(25)24(22)20-11-8-17-12-18(9-10-19(17)23-20)27-13-16-6-4-3-5-7-16/h3-12H,13-15H2,1-2H3. The molecule has 5 heteroatoms. The highest BCUT2D eigenvalue weighted by molar-refractivity contribution is 5.96. The summed E-state index contributed by atoms with van der Waals surface area (Å²) in [7, 11) is 0. The summed E-state index contributed by atoms with van der Waals surface area (Å²) in [5, 5.41) is 0.975. The lowest BCUT2D eigenvalue weighted by Crippen LogP contribution is -2.56. The average molecular weight is 362 g/mol. The average Bonchev–Trinajstić information content (AvgIpc) is 2.66. The first-order valence-electron chi connectivity index (χ1n) is 9.01. The van der Waals surface area contributed by atoms with Crippen LogP contribution in [0.1, 0.15) is 19.4 Å². The van der Waals surface area contributed by atoms with Crippen molar-refractivity contribution in [2.75, 3.05) is 18.1 Å². The Bertz CT molecular complexity index is 970. The third kappa shape index (κ3) is 3.64. The number of amides is 1. The molecule has 2 aromatic carbocycles. The molecule has 1 aromatic heterocycles. The molecule has 1 saturated heterocycles. The molecule has 1 aliphatic heterocycles. The number of pyridine rings is 1. The van der Waals surface area contributed by atoms with Crippen LogP contribution in [0.3, 0.4) is 0 Å². The molecule has 0 bridgehead atoms. The van der Waals surface area contributed by atoms with Gasteiger partial charge in [0, 0.05) is 5.39 Å². The van der Waals surface area contributed by atoms with Gasteiger partial charge in [-0.25, -0.2) is 4.98 Å². The first kappa shape index (κ1) is 17.5. The Labute approximate surface area is 158 Å². The van der Waals surface area contributed by atoms with Crippen LogP contribution in [0.25, 0.3) is 10.9 Å². The van der Waals surface area contributed by atoms with Crippen molar-refractivity contribution < 1.29 is 14.3 Å². The predicted molar refractivity (Wildman–Crippen MR) is 105 cm³/mol. The minimum Gasteiger partial charge on any atom is -0.489 e. The van der Waals surface area contributed by atoms with Gasteiger partial charge in [0.15, 0.2) is 0 Å². The number of fused-ring (bicyclic) bond motifs is 1. The van der Waals surface area contributed by atoms with Crippen molar-refractivity contribution in [1.29, 1.82) is 0 Å². The molecule has 4 rings (SSSR count). The van der Waals surface area contributed by atoms with Gasteiger partial charge in [-0.15, -0.1) is 0 Å². The molecule has 0 aliphatic carbocycles. The molecule has 0 radical (unpaired) electrons. The first-order chi connectivity index (χ1) is 13.0. The van der Waals surface area contributed by atoms with Gasteiger partial charge in [0.2, 0.25) is 0 Å². The normalized spacial score (nSPS) is 16.5. The fraction of sp³-hybridized carbons (Fsp3) is 0.273. The van der Waals surface area contributed by atoms with Gasteiger partial charge in [-0.1, -0.05) is 30.3 Å². The van der Waals surface area contributed by atoms with Crippen molar-refractivity contribution in [1.82, 2.24) is 4.98 Å². The summed E-state index contributed by atoms with van der Waals surface area (Å²) in [6, 6.07) is 19.7. The number of anilines is 1. The van der Waals surface area contributed by atoms with Gasteiger partial charge in [0.05, 0.1) is 17.7 Å². The minimum atomic E-state index is -0.422. The van der Waals surface area contributed by atoms with Crippen molar-refractivity contribution in [3.8, 4) is 5.75 Å². The SMILES string of the molecule is CC1(C)COCC(=O)N1c1ccc2cc(OCc3ccccc3)ccc2n1. The van der Waals surface area contributed by atoms with E-state index < -0.39 is 5.54 Å². The van der Waals surface area contributed by atoms with Crippen LogP contribution in [0, 0.1) is 0 Å². The number of ether oxygens (including phenoxy) is 2. The number of carbonyl (C=O) groups excluding carboxylic acids is 1. The molecule has 1 amide bonds. The molecule has 0 spiro atoms. The van der Waals surface area contributed by atoms with E-state index in [9.17, 15) is 4.79 Å². The second kappa shape index (κ2) is 7.00. The van der Waals surface area contributed by atoms with E-state index in [2.05, 4.69) is 0 Å². The lowest BCUT2D eigenvalue weighted by atomic mass is 10.0. The van der Waals surface area contributed by atoms with Crippen molar-refractivity contribution in [3.63, 3.8) is 0 Å². The summed E-state index contributed by atoms with van der Waals surface area (Å²) in [5.41, 5.74) is 1.53. The van der Waals surface area contributed by atoms with Crippen LogP contribution in [0.2, 0.25) is 0 Å². The van der Waals surface area contributed by atoms with E-state index in [1.807, 2.05) is 74.5 Å². The van der Waals surface area contributed by atoms with Crippen molar-refractivity contribution in [3.05, 3.63) is 66.2 Å². The molecule has 1 fully saturated rings. The Morgan fingerprint density at radius 3 is 2.70 bits per heavy atom. The molecule has 0 atom stereocenters. The van der Waals surface area contributed by atoms with Crippen LogP contribution in [-0.4, -0.2) is 29.6 Å². The molecular weight excluding hydrogens is 340 g/mol. The Hall–Kier alpha value is -2.92. The second-order valence-electron chi connectivity index (χ2n) is 7.33. The number of hydrogen-bond acceptors (Lipinski definition) is 4. The van der Waals surface area contributed by atoms with Gasteiger partial charge >= 0.3 is 0 Å². The number of aromatic nitrogens is 1. The molecule has 0 N–H and O–H groups in total.